The summed E-state index contributed by atoms with van der Waals surface area (Å²) in [5.41, 5.74) is -0.269. The highest BCUT2D eigenvalue weighted by Crippen LogP contribution is 2.27. The van der Waals surface area contributed by atoms with Crippen LogP contribution >= 0.6 is 15.9 Å². The summed E-state index contributed by atoms with van der Waals surface area (Å²) in [7, 11) is -4.29. The Labute approximate surface area is 145 Å². The first kappa shape index (κ1) is 17.9. The second kappa shape index (κ2) is 6.97. The van der Waals surface area contributed by atoms with E-state index in [1.165, 1.54) is 24.3 Å². The molecule has 0 unspecified atom stereocenters. The number of carboxylic acid groups (broad SMARTS) is 1. The zero-order valence-corrected chi connectivity index (χ0v) is 14.4. The van der Waals surface area contributed by atoms with Crippen molar-refractivity contribution in [2.45, 2.75) is 4.90 Å². The summed E-state index contributed by atoms with van der Waals surface area (Å²) in [6, 6.07) is 10.4. The van der Waals surface area contributed by atoms with E-state index in [0.29, 0.717) is 8.78 Å². The van der Waals surface area contributed by atoms with Gasteiger partial charge in [0.05, 0.1) is 15.5 Å². The number of carbonyl (C=O) groups is 1. The maximum atomic E-state index is 12.8. The first-order valence-corrected chi connectivity index (χ1v) is 8.69. The molecule has 24 heavy (non-hydrogen) atoms. The Kier molecular flexibility index (Phi) is 5.20. The molecule has 0 aliphatic rings. The molecule has 2 aromatic rings. The van der Waals surface area contributed by atoms with Crippen LogP contribution in [0.3, 0.4) is 0 Å². The molecule has 0 bridgehead atoms. The number of benzene rings is 2. The van der Waals surface area contributed by atoms with Gasteiger partial charge in [-0.15, -0.1) is 0 Å². The average molecular weight is 415 g/mol. The van der Waals surface area contributed by atoms with Crippen molar-refractivity contribution in [3.63, 3.8) is 0 Å². The van der Waals surface area contributed by atoms with Crippen molar-refractivity contribution in [2.75, 3.05) is 10.8 Å². The van der Waals surface area contributed by atoms with Crippen LogP contribution in [0.15, 0.2) is 57.9 Å². The highest BCUT2D eigenvalue weighted by atomic mass is 79.9. The number of carboxylic acids is 1. The second-order valence-electron chi connectivity index (χ2n) is 4.64. The second-order valence-corrected chi connectivity index (χ2v) is 7.41. The quantitative estimate of drug-likeness (QED) is 0.573. The number of nitrogens with zero attached hydrogens (tertiary/aromatic N) is 2. The zero-order valence-electron chi connectivity index (χ0n) is 12.0. The van der Waals surface area contributed by atoms with Gasteiger partial charge in [-0.05, 0) is 30.3 Å². The standard InChI is InChI=1S/C14H11BrN2O6S/c15-10-4-6-11(7-5-10)16(9-14(18)19)24(22,23)13-3-1-2-12(8-13)17(20)21/h1-8H,9H2,(H,18,19). The molecule has 0 aliphatic carbocycles. The van der Waals surface area contributed by atoms with Crippen molar-refractivity contribution in [2.24, 2.45) is 0 Å². The van der Waals surface area contributed by atoms with Gasteiger partial charge < -0.3 is 5.11 Å². The number of anilines is 1. The minimum Gasteiger partial charge on any atom is -0.480 e. The van der Waals surface area contributed by atoms with Gasteiger partial charge in [0.25, 0.3) is 15.7 Å². The lowest BCUT2D eigenvalue weighted by Crippen LogP contribution is -2.35. The van der Waals surface area contributed by atoms with Crippen LogP contribution in [-0.2, 0) is 14.8 Å². The minimum atomic E-state index is -4.29. The first-order valence-electron chi connectivity index (χ1n) is 6.46. The molecule has 0 atom stereocenters. The third kappa shape index (κ3) is 3.89. The van der Waals surface area contributed by atoms with E-state index in [9.17, 15) is 23.3 Å². The molecule has 0 saturated heterocycles. The van der Waals surface area contributed by atoms with E-state index in [1.807, 2.05) is 0 Å². The highest BCUT2D eigenvalue weighted by molar-refractivity contribution is 9.10. The van der Waals surface area contributed by atoms with Gasteiger partial charge in [-0.3, -0.25) is 19.2 Å². The molecule has 0 fully saturated rings. The van der Waals surface area contributed by atoms with Gasteiger partial charge in [-0.25, -0.2) is 8.42 Å². The predicted octanol–water partition coefficient (Wildman–Crippen LogP) is 2.64. The van der Waals surface area contributed by atoms with Gasteiger partial charge >= 0.3 is 5.97 Å². The van der Waals surface area contributed by atoms with Crippen LogP contribution in [0, 0.1) is 10.1 Å². The molecule has 0 spiro atoms. The molecule has 126 valence electrons. The molecule has 2 rings (SSSR count). The predicted molar refractivity (Wildman–Crippen MR) is 89.4 cm³/mol. The molecule has 8 nitrogen and oxygen atoms in total. The van der Waals surface area contributed by atoms with Crippen LogP contribution in [0.2, 0.25) is 0 Å². The summed E-state index contributed by atoms with van der Waals surface area (Å²) in [5.74, 6) is -1.35. The monoisotopic (exact) mass is 414 g/mol. The third-order valence-corrected chi connectivity index (χ3v) is 5.31. The zero-order chi connectivity index (χ0) is 17.9. The smallest absolute Gasteiger partial charge is 0.324 e. The number of nitro benzene ring substituents is 1. The Morgan fingerprint density at radius 2 is 1.83 bits per heavy atom. The van der Waals surface area contributed by atoms with Gasteiger partial charge in [0, 0.05) is 16.6 Å². The lowest BCUT2D eigenvalue weighted by Gasteiger charge is -2.22. The number of aliphatic carboxylic acids is 1. The van der Waals surface area contributed by atoms with Crippen molar-refractivity contribution in [3.05, 3.63) is 63.1 Å². The molecule has 0 heterocycles. The van der Waals surface area contributed by atoms with E-state index in [0.717, 1.165) is 12.1 Å². The number of non-ortho nitro benzene ring substituents is 1. The van der Waals surface area contributed by atoms with Crippen LogP contribution < -0.4 is 4.31 Å². The lowest BCUT2D eigenvalue weighted by molar-refractivity contribution is -0.385. The summed E-state index contributed by atoms with van der Waals surface area (Å²) < 4.78 is 26.9. The van der Waals surface area contributed by atoms with Crippen LogP contribution in [0.5, 0.6) is 0 Å². The maximum absolute atomic E-state index is 12.8. The summed E-state index contributed by atoms with van der Waals surface area (Å²) in [5, 5.41) is 19.9. The van der Waals surface area contributed by atoms with Crippen molar-refractivity contribution in [1.29, 1.82) is 0 Å². The largest absolute Gasteiger partial charge is 0.480 e. The van der Waals surface area contributed by atoms with Crippen molar-refractivity contribution in [3.8, 4) is 0 Å². The molecule has 0 amide bonds. The number of nitro groups is 1. The molecule has 0 aliphatic heterocycles. The Morgan fingerprint density at radius 1 is 1.21 bits per heavy atom. The van der Waals surface area contributed by atoms with Gasteiger partial charge in [-0.1, -0.05) is 22.0 Å². The molecule has 0 aromatic heterocycles. The van der Waals surface area contributed by atoms with Crippen molar-refractivity contribution >= 4 is 43.3 Å². The van der Waals surface area contributed by atoms with E-state index < -0.39 is 33.1 Å². The third-order valence-electron chi connectivity index (χ3n) is 3.01. The summed E-state index contributed by atoms with van der Waals surface area (Å²) in [4.78, 5) is 20.8. The molecule has 1 N–H and O–H groups in total. The number of rotatable bonds is 6. The maximum Gasteiger partial charge on any atom is 0.324 e. The van der Waals surface area contributed by atoms with Crippen LogP contribution in [0.4, 0.5) is 11.4 Å². The van der Waals surface area contributed by atoms with E-state index in [4.69, 9.17) is 5.11 Å². The molecular weight excluding hydrogens is 404 g/mol. The van der Waals surface area contributed by atoms with Crippen molar-refractivity contribution in [1.82, 2.24) is 0 Å². The van der Waals surface area contributed by atoms with E-state index in [1.54, 1.807) is 12.1 Å². The Morgan fingerprint density at radius 3 is 2.38 bits per heavy atom. The van der Waals surface area contributed by atoms with E-state index in [-0.39, 0.29) is 10.6 Å². The summed E-state index contributed by atoms with van der Waals surface area (Å²) >= 11 is 3.21. The first-order chi connectivity index (χ1) is 11.2. The van der Waals surface area contributed by atoms with Crippen LogP contribution in [-0.4, -0.2) is 31.0 Å². The van der Waals surface area contributed by atoms with Crippen LogP contribution in [0.1, 0.15) is 0 Å². The Balaban J connectivity index is 2.55. The van der Waals surface area contributed by atoms with Gasteiger partial charge in [0.2, 0.25) is 0 Å². The number of sulfonamides is 1. The van der Waals surface area contributed by atoms with Gasteiger partial charge in [0.15, 0.2) is 0 Å². The summed E-state index contributed by atoms with van der Waals surface area (Å²) in [6.07, 6.45) is 0. The van der Waals surface area contributed by atoms with Gasteiger partial charge in [-0.2, -0.15) is 0 Å². The minimum absolute atomic E-state index is 0.132. The fourth-order valence-electron chi connectivity index (χ4n) is 1.93. The topological polar surface area (TPSA) is 118 Å². The molecule has 2 aromatic carbocycles. The molecule has 0 saturated carbocycles. The number of halogens is 1. The Bertz CT molecular complexity index is 882. The SMILES string of the molecule is O=C(O)CN(c1ccc(Br)cc1)S(=O)(=O)c1cccc([N+](=O)[O-])c1. The van der Waals surface area contributed by atoms with Gasteiger partial charge in [0.1, 0.15) is 6.54 Å². The Hall–Kier alpha value is -2.46. The average Bonchev–Trinajstić information content (AvgIpc) is 2.53. The summed E-state index contributed by atoms with van der Waals surface area (Å²) in [6.45, 7) is -0.813. The fourth-order valence-corrected chi connectivity index (χ4v) is 3.65. The number of hydrogen-bond acceptors (Lipinski definition) is 5. The molecule has 0 radical (unpaired) electrons. The van der Waals surface area contributed by atoms with Crippen molar-refractivity contribution < 1.29 is 23.2 Å². The normalized spacial score (nSPS) is 11.0. The fraction of sp³-hybridized carbons (Fsp3) is 0.0714. The molecular formula is C14H11BrN2O6S. The molecule has 10 heteroatoms. The van der Waals surface area contributed by atoms with E-state index >= 15 is 0 Å². The van der Waals surface area contributed by atoms with Crippen LogP contribution in [0.25, 0.3) is 0 Å². The lowest BCUT2D eigenvalue weighted by atomic mass is 10.3. The number of hydrogen-bond donors (Lipinski definition) is 1. The highest BCUT2D eigenvalue weighted by Gasteiger charge is 2.28. The van der Waals surface area contributed by atoms with E-state index in [2.05, 4.69) is 15.9 Å².